The summed E-state index contributed by atoms with van der Waals surface area (Å²) in [4.78, 5) is 0. The van der Waals surface area contributed by atoms with Gasteiger partial charge in [0.15, 0.2) is 0 Å². The van der Waals surface area contributed by atoms with Crippen LogP contribution in [-0.4, -0.2) is 20.8 Å². The van der Waals surface area contributed by atoms with Crippen LogP contribution < -0.4 is 15.2 Å². The van der Waals surface area contributed by atoms with Crippen LogP contribution in [-0.2, 0) is 0 Å². The third-order valence-corrected chi connectivity index (χ3v) is 3.77. The molecule has 4 heteroatoms. The van der Waals surface area contributed by atoms with Gasteiger partial charge in [-0.05, 0) is 36.4 Å². The fraction of sp³-hybridized carbons (Fsp3) is 0.571. The fourth-order valence-electron chi connectivity index (χ4n) is 2.06. The van der Waals surface area contributed by atoms with Crippen molar-refractivity contribution in [1.82, 2.24) is 0 Å². The van der Waals surface area contributed by atoms with Crippen molar-refractivity contribution in [2.75, 3.05) is 20.8 Å². The summed E-state index contributed by atoms with van der Waals surface area (Å²) in [5.74, 6) is 2.27. The third kappa shape index (κ3) is 3.30. The van der Waals surface area contributed by atoms with E-state index in [1.807, 2.05) is 12.1 Å². The molecule has 3 nitrogen and oxygen atoms in total. The Morgan fingerprint density at radius 2 is 1.78 bits per heavy atom. The van der Waals surface area contributed by atoms with Crippen LogP contribution >= 0.6 is 11.6 Å². The lowest BCUT2D eigenvalue weighted by molar-refractivity contribution is 0.379. The number of nitrogens with two attached hydrogens (primary N) is 1. The van der Waals surface area contributed by atoms with Crippen LogP contribution in [0.4, 0.5) is 0 Å². The van der Waals surface area contributed by atoms with Crippen molar-refractivity contribution in [2.45, 2.75) is 26.2 Å². The minimum Gasteiger partial charge on any atom is -0.496 e. The first-order valence-electron chi connectivity index (χ1n) is 6.16. The molecule has 102 valence electrons. The number of methoxy groups -OCH3 is 2. The Morgan fingerprint density at radius 1 is 1.17 bits per heavy atom. The van der Waals surface area contributed by atoms with Crippen LogP contribution in [0.2, 0.25) is 5.02 Å². The SMILES string of the molecule is COc1cc(OC)c(C(C)C(C)CCN)cc1Cl. The Hall–Kier alpha value is -0.930. The van der Waals surface area contributed by atoms with Crippen molar-refractivity contribution in [2.24, 2.45) is 11.7 Å². The summed E-state index contributed by atoms with van der Waals surface area (Å²) >= 11 is 6.18. The van der Waals surface area contributed by atoms with Crippen molar-refractivity contribution in [3.8, 4) is 11.5 Å². The van der Waals surface area contributed by atoms with Crippen LogP contribution in [0, 0.1) is 5.92 Å². The minimum atomic E-state index is 0.340. The summed E-state index contributed by atoms with van der Waals surface area (Å²) in [5.41, 5.74) is 6.72. The topological polar surface area (TPSA) is 44.5 Å². The Labute approximate surface area is 114 Å². The van der Waals surface area contributed by atoms with Crippen LogP contribution in [0.5, 0.6) is 11.5 Å². The van der Waals surface area contributed by atoms with E-state index in [1.54, 1.807) is 14.2 Å². The number of ether oxygens (including phenoxy) is 2. The van der Waals surface area contributed by atoms with E-state index >= 15 is 0 Å². The standard InChI is InChI=1S/C14H22ClNO2/c1-9(5-6-16)10(2)11-7-12(15)14(18-4)8-13(11)17-3/h7-10H,5-6,16H2,1-4H3. The summed E-state index contributed by atoms with van der Waals surface area (Å²) in [5, 5.41) is 0.611. The summed E-state index contributed by atoms with van der Waals surface area (Å²) < 4.78 is 10.6. The number of hydrogen-bond acceptors (Lipinski definition) is 3. The quantitative estimate of drug-likeness (QED) is 0.862. The molecule has 0 saturated heterocycles. The molecule has 0 radical (unpaired) electrons. The maximum absolute atomic E-state index is 6.18. The van der Waals surface area contributed by atoms with Gasteiger partial charge in [0.05, 0.1) is 19.2 Å². The number of hydrogen-bond donors (Lipinski definition) is 1. The maximum Gasteiger partial charge on any atom is 0.141 e. The average molecular weight is 272 g/mol. The molecule has 0 heterocycles. The van der Waals surface area contributed by atoms with Gasteiger partial charge in [-0.3, -0.25) is 0 Å². The van der Waals surface area contributed by atoms with E-state index in [1.165, 1.54) is 0 Å². The molecule has 0 saturated carbocycles. The smallest absolute Gasteiger partial charge is 0.141 e. The van der Waals surface area contributed by atoms with Gasteiger partial charge in [-0.15, -0.1) is 0 Å². The molecule has 18 heavy (non-hydrogen) atoms. The second-order valence-corrected chi connectivity index (χ2v) is 4.98. The van der Waals surface area contributed by atoms with Gasteiger partial charge in [0, 0.05) is 6.07 Å². The van der Waals surface area contributed by atoms with Gasteiger partial charge in [-0.2, -0.15) is 0 Å². The molecule has 0 fully saturated rings. The molecule has 2 N–H and O–H groups in total. The molecule has 0 spiro atoms. The largest absolute Gasteiger partial charge is 0.496 e. The van der Waals surface area contributed by atoms with Gasteiger partial charge >= 0.3 is 0 Å². The van der Waals surface area contributed by atoms with Crippen molar-refractivity contribution < 1.29 is 9.47 Å². The molecular formula is C14H22ClNO2. The highest BCUT2D eigenvalue weighted by Gasteiger charge is 2.20. The van der Waals surface area contributed by atoms with Gasteiger partial charge < -0.3 is 15.2 Å². The first-order chi connectivity index (χ1) is 8.54. The second kappa shape index (κ2) is 6.86. The van der Waals surface area contributed by atoms with Crippen molar-refractivity contribution in [1.29, 1.82) is 0 Å². The van der Waals surface area contributed by atoms with Crippen LogP contribution in [0.15, 0.2) is 12.1 Å². The molecule has 1 aromatic carbocycles. The molecule has 1 aromatic rings. The lowest BCUT2D eigenvalue weighted by atomic mass is 9.86. The fourth-order valence-corrected chi connectivity index (χ4v) is 2.31. The van der Waals surface area contributed by atoms with E-state index in [9.17, 15) is 0 Å². The van der Waals surface area contributed by atoms with Gasteiger partial charge in [0.25, 0.3) is 0 Å². The Balaban J connectivity index is 3.10. The molecule has 0 bridgehead atoms. The Morgan fingerprint density at radius 3 is 2.28 bits per heavy atom. The maximum atomic E-state index is 6.18. The molecule has 2 unspecified atom stereocenters. The summed E-state index contributed by atoms with van der Waals surface area (Å²) in [6, 6.07) is 3.76. The lowest BCUT2D eigenvalue weighted by Crippen LogP contribution is -2.13. The minimum absolute atomic E-state index is 0.340. The predicted octanol–water partition coefficient (Wildman–Crippen LogP) is 3.45. The molecule has 2 atom stereocenters. The molecule has 0 aromatic heterocycles. The number of rotatable bonds is 6. The van der Waals surface area contributed by atoms with E-state index in [0.717, 1.165) is 17.7 Å². The molecule has 0 aliphatic carbocycles. The van der Waals surface area contributed by atoms with Crippen LogP contribution in [0.1, 0.15) is 31.7 Å². The Bertz CT molecular complexity index is 396. The normalized spacial score (nSPS) is 14.1. The van der Waals surface area contributed by atoms with E-state index in [2.05, 4.69) is 13.8 Å². The number of halogens is 1. The summed E-state index contributed by atoms with van der Waals surface area (Å²) in [6.45, 7) is 5.05. The van der Waals surface area contributed by atoms with E-state index in [-0.39, 0.29) is 0 Å². The van der Waals surface area contributed by atoms with Gasteiger partial charge in [0.2, 0.25) is 0 Å². The molecule has 0 aliphatic rings. The van der Waals surface area contributed by atoms with Crippen molar-refractivity contribution >= 4 is 11.6 Å². The first-order valence-corrected chi connectivity index (χ1v) is 6.54. The van der Waals surface area contributed by atoms with E-state index < -0.39 is 0 Å². The zero-order chi connectivity index (χ0) is 13.7. The van der Waals surface area contributed by atoms with E-state index in [4.69, 9.17) is 26.8 Å². The Kier molecular flexibility index (Phi) is 5.76. The first kappa shape index (κ1) is 15.1. The molecular weight excluding hydrogens is 250 g/mol. The monoisotopic (exact) mass is 271 g/mol. The van der Waals surface area contributed by atoms with E-state index in [0.29, 0.717) is 29.2 Å². The predicted molar refractivity (Wildman–Crippen MR) is 75.8 cm³/mol. The average Bonchev–Trinajstić information content (AvgIpc) is 2.37. The number of benzene rings is 1. The zero-order valence-electron chi connectivity index (χ0n) is 11.5. The van der Waals surface area contributed by atoms with Crippen molar-refractivity contribution in [3.63, 3.8) is 0 Å². The highest BCUT2D eigenvalue weighted by molar-refractivity contribution is 6.32. The van der Waals surface area contributed by atoms with Gasteiger partial charge in [-0.1, -0.05) is 25.4 Å². The van der Waals surface area contributed by atoms with Crippen molar-refractivity contribution in [3.05, 3.63) is 22.7 Å². The zero-order valence-corrected chi connectivity index (χ0v) is 12.3. The molecule has 0 amide bonds. The van der Waals surface area contributed by atoms with Crippen LogP contribution in [0.25, 0.3) is 0 Å². The highest BCUT2D eigenvalue weighted by atomic mass is 35.5. The second-order valence-electron chi connectivity index (χ2n) is 4.57. The van der Waals surface area contributed by atoms with Crippen LogP contribution in [0.3, 0.4) is 0 Å². The molecule has 1 rings (SSSR count). The van der Waals surface area contributed by atoms with Gasteiger partial charge in [-0.25, -0.2) is 0 Å². The lowest BCUT2D eigenvalue weighted by Gasteiger charge is -2.22. The summed E-state index contributed by atoms with van der Waals surface area (Å²) in [6.07, 6.45) is 0.980. The summed E-state index contributed by atoms with van der Waals surface area (Å²) in [7, 11) is 3.26. The molecule has 0 aliphatic heterocycles. The third-order valence-electron chi connectivity index (χ3n) is 3.47. The highest BCUT2D eigenvalue weighted by Crippen LogP contribution is 2.39. The van der Waals surface area contributed by atoms with Gasteiger partial charge in [0.1, 0.15) is 11.5 Å².